The van der Waals surface area contributed by atoms with Gasteiger partial charge < -0.3 is 15.3 Å². The lowest BCUT2D eigenvalue weighted by molar-refractivity contribution is -0.183. The summed E-state index contributed by atoms with van der Waals surface area (Å²) in [5.74, 6) is -2.85. The number of amides is 1. The molecule has 1 aromatic rings. The number of carbonyl (C=O) groups excluding carboxylic acids is 2. The van der Waals surface area contributed by atoms with Crippen LogP contribution in [0.1, 0.15) is 0 Å². The van der Waals surface area contributed by atoms with Crippen molar-refractivity contribution in [3.05, 3.63) is 28.2 Å². The topological polar surface area (TPSA) is 78.9 Å². The second-order valence-electron chi connectivity index (χ2n) is 3.96. The second kappa shape index (κ2) is 5.34. The fourth-order valence-electron chi connectivity index (χ4n) is 1.63. The average molecular weight is 305 g/mol. The molecule has 6 nitrogen and oxygen atoms in total. The Bertz CT molecular complexity index is 537. The van der Waals surface area contributed by atoms with Gasteiger partial charge in [0.25, 0.3) is 0 Å². The minimum absolute atomic E-state index is 0.232. The number of hydrogen-bond donors (Lipinski definition) is 2. The van der Waals surface area contributed by atoms with Gasteiger partial charge in [-0.25, -0.2) is 4.79 Å². The summed E-state index contributed by atoms with van der Waals surface area (Å²) >= 11 is 11.6. The highest BCUT2D eigenvalue weighted by Gasteiger charge is 2.45. The Balaban J connectivity index is 2.15. The molecule has 1 heterocycles. The van der Waals surface area contributed by atoms with E-state index in [0.717, 1.165) is 5.06 Å². The van der Waals surface area contributed by atoms with Gasteiger partial charge in [0, 0.05) is 12.1 Å². The van der Waals surface area contributed by atoms with Crippen molar-refractivity contribution in [2.45, 2.75) is 6.23 Å². The van der Waals surface area contributed by atoms with Gasteiger partial charge in [0.1, 0.15) is 0 Å². The van der Waals surface area contributed by atoms with Crippen molar-refractivity contribution in [1.29, 1.82) is 0 Å². The summed E-state index contributed by atoms with van der Waals surface area (Å²) in [6, 6.07) is 4.49. The van der Waals surface area contributed by atoms with Crippen LogP contribution in [0.25, 0.3) is 0 Å². The van der Waals surface area contributed by atoms with Crippen LogP contribution in [0.2, 0.25) is 10.0 Å². The first-order valence-corrected chi connectivity index (χ1v) is 6.04. The quantitative estimate of drug-likeness (QED) is 0.805. The fourth-order valence-corrected chi connectivity index (χ4v) is 2.08. The largest absolute Gasteiger partial charge is 0.374 e. The Morgan fingerprint density at radius 3 is 2.68 bits per heavy atom. The maximum Gasteiger partial charge on any atom is 0.341 e. The zero-order chi connectivity index (χ0) is 14.2. The number of hydrogen-bond acceptors (Lipinski definition) is 5. The lowest BCUT2D eigenvalue weighted by Gasteiger charge is -2.14. The summed E-state index contributed by atoms with van der Waals surface area (Å²) < 4.78 is 0. The van der Waals surface area contributed by atoms with E-state index in [2.05, 4.69) is 10.2 Å². The van der Waals surface area contributed by atoms with Gasteiger partial charge in [-0.05, 0) is 18.2 Å². The molecule has 1 aromatic carbocycles. The molecule has 0 radical (unpaired) electrons. The van der Waals surface area contributed by atoms with E-state index in [1.54, 1.807) is 6.07 Å². The average Bonchev–Trinajstić information content (AvgIpc) is 2.57. The zero-order valence-corrected chi connectivity index (χ0v) is 11.3. The molecular formula is C11H10Cl2N2O4. The van der Waals surface area contributed by atoms with Crippen molar-refractivity contribution >= 4 is 40.8 Å². The number of aliphatic hydroxyl groups is 1. The maximum absolute atomic E-state index is 11.9. The summed E-state index contributed by atoms with van der Waals surface area (Å²) in [5, 5.41) is 13.7. The van der Waals surface area contributed by atoms with Crippen LogP contribution in [0.3, 0.4) is 0 Å². The monoisotopic (exact) mass is 304 g/mol. The molecule has 0 spiro atoms. The van der Waals surface area contributed by atoms with Crippen molar-refractivity contribution in [2.75, 3.05) is 12.4 Å². The Kier molecular flexibility index (Phi) is 3.96. The highest BCUT2D eigenvalue weighted by Crippen LogP contribution is 2.27. The third-order valence-corrected chi connectivity index (χ3v) is 3.18. The summed E-state index contributed by atoms with van der Waals surface area (Å²) in [5.41, 5.74) is 0.297. The number of nitrogens with one attached hydrogen (secondary N) is 1. The van der Waals surface area contributed by atoms with E-state index in [9.17, 15) is 14.7 Å². The predicted octanol–water partition coefficient (Wildman–Crippen LogP) is 1.27. The number of halogens is 2. The molecule has 0 bridgehead atoms. The first-order chi connectivity index (χ1) is 8.90. The lowest BCUT2D eigenvalue weighted by atomic mass is 10.1. The molecule has 1 aliphatic heterocycles. The molecule has 0 aliphatic carbocycles. The lowest BCUT2D eigenvalue weighted by Crippen LogP contribution is -2.37. The molecule has 2 rings (SSSR count). The van der Waals surface area contributed by atoms with Crippen molar-refractivity contribution in [2.24, 2.45) is 5.92 Å². The highest BCUT2D eigenvalue weighted by atomic mass is 35.5. The van der Waals surface area contributed by atoms with Gasteiger partial charge in [-0.3, -0.25) is 4.79 Å². The van der Waals surface area contributed by atoms with E-state index in [0.29, 0.717) is 10.7 Å². The van der Waals surface area contributed by atoms with Crippen LogP contribution < -0.4 is 5.32 Å². The van der Waals surface area contributed by atoms with E-state index in [1.165, 1.54) is 19.2 Å². The second-order valence-corrected chi connectivity index (χ2v) is 4.80. The Morgan fingerprint density at radius 2 is 2.16 bits per heavy atom. The minimum atomic E-state index is -1.33. The number of rotatable bonds is 2. The predicted molar refractivity (Wildman–Crippen MR) is 68.4 cm³/mol. The van der Waals surface area contributed by atoms with Gasteiger partial charge in [0.05, 0.1) is 10.7 Å². The van der Waals surface area contributed by atoms with Gasteiger partial charge in [-0.15, -0.1) is 5.06 Å². The summed E-state index contributed by atoms with van der Waals surface area (Å²) in [7, 11) is 1.35. The molecule has 1 aliphatic rings. The van der Waals surface area contributed by atoms with Crippen LogP contribution in [-0.4, -0.2) is 35.3 Å². The standard InChI is InChI=1S/C11H10Cl2N2O4/c1-15-10(17)8(11(18)19-15)9(16)14-7-3-2-5(12)4-6(7)13/h2-4,8,10,17H,1H3,(H,14,16). The van der Waals surface area contributed by atoms with Crippen LogP contribution in [-0.2, 0) is 14.4 Å². The van der Waals surface area contributed by atoms with E-state index < -0.39 is 24.0 Å². The fraction of sp³-hybridized carbons (Fsp3) is 0.273. The first-order valence-electron chi connectivity index (χ1n) is 5.29. The summed E-state index contributed by atoms with van der Waals surface area (Å²) in [4.78, 5) is 28.0. The molecule has 0 saturated carbocycles. The van der Waals surface area contributed by atoms with E-state index in [4.69, 9.17) is 23.2 Å². The van der Waals surface area contributed by atoms with E-state index in [1.807, 2.05) is 0 Å². The van der Waals surface area contributed by atoms with Crippen LogP contribution in [0, 0.1) is 5.92 Å². The van der Waals surface area contributed by atoms with Crippen LogP contribution in [0.5, 0.6) is 0 Å². The van der Waals surface area contributed by atoms with Gasteiger partial charge in [-0.1, -0.05) is 23.2 Å². The van der Waals surface area contributed by atoms with E-state index >= 15 is 0 Å². The normalized spacial score (nSPS) is 23.3. The number of nitrogens with zero attached hydrogens (tertiary/aromatic N) is 1. The van der Waals surface area contributed by atoms with Crippen molar-refractivity contribution in [3.8, 4) is 0 Å². The Labute approximate surface area is 118 Å². The number of hydroxylamine groups is 2. The molecule has 0 aromatic heterocycles. The molecule has 2 atom stereocenters. The highest BCUT2D eigenvalue weighted by molar-refractivity contribution is 6.36. The van der Waals surface area contributed by atoms with Gasteiger partial charge >= 0.3 is 5.97 Å². The van der Waals surface area contributed by atoms with Crippen LogP contribution in [0.15, 0.2) is 18.2 Å². The zero-order valence-electron chi connectivity index (χ0n) is 9.76. The number of carbonyl (C=O) groups is 2. The molecule has 1 saturated heterocycles. The molecule has 1 amide bonds. The van der Waals surface area contributed by atoms with Gasteiger partial charge in [0.2, 0.25) is 5.91 Å². The van der Waals surface area contributed by atoms with Gasteiger partial charge in [-0.2, -0.15) is 0 Å². The number of anilines is 1. The number of benzene rings is 1. The summed E-state index contributed by atoms with van der Waals surface area (Å²) in [6.07, 6.45) is -1.33. The Morgan fingerprint density at radius 1 is 1.47 bits per heavy atom. The smallest absolute Gasteiger partial charge is 0.341 e. The molecule has 8 heteroatoms. The molecule has 19 heavy (non-hydrogen) atoms. The van der Waals surface area contributed by atoms with Crippen LogP contribution >= 0.6 is 23.2 Å². The molecule has 2 N–H and O–H groups in total. The molecule has 1 fully saturated rings. The third kappa shape index (κ3) is 2.82. The molecular weight excluding hydrogens is 295 g/mol. The van der Waals surface area contributed by atoms with Crippen molar-refractivity contribution < 1.29 is 19.5 Å². The minimum Gasteiger partial charge on any atom is -0.374 e. The van der Waals surface area contributed by atoms with E-state index in [-0.39, 0.29) is 5.02 Å². The first kappa shape index (κ1) is 14.1. The van der Waals surface area contributed by atoms with Crippen molar-refractivity contribution in [3.63, 3.8) is 0 Å². The Hall–Kier alpha value is -1.34. The van der Waals surface area contributed by atoms with Crippen LogP contribution in [0.4, 0.5) is 5.69 Å². The molecule has 102 valence electrons. The molecule has 2 unspecified atom stereocenters. The number of aliphatic hydroxyl groups excluding tert-OH is 1. The third-order valence-electron chi connectivity index (χ3n) is 2.63. The van der Waals surface area contributed by atoms with Crippen molar-refractivity contribution in [1.82, 2.24) is 5.06 Å². The SMILES string of the molecule is CN1OC(=O)C(C(=O)Nc2ccc(Cl)cc2Cl)C1O. The maximum atomic E-state index is 11.9. The summed E-state index contributed by atoms with van der Waals surface area (Å²) in [6.45, 7) is 0. The van der Waals surface area contributed by atoms with Gasteiger partial charge in [0.15, 0.2) is 12.1 Å².